The van der Waals surface area contributed by atoms with Crippen molar-refractivity contribution >= 4 is 46.5 Å². The second-order valence-corrected chi connectivity index (χ2v) is 13.4. The number of likely N-dealkylation sites (N-methyl/N-ethyl adjacent to an activating group) is 1. The van der Waals surface area contributed by atoms with Gasteiger partial charge in [-0.2, -0.15) is 4.73 Å². The number of pyridine rings is 1. The molecule has 13 heteroatoms. The molecule has 0 amide bonds. The van der Waals surface area contributed by atoms with E-state index >= 15 is 0 Å². The molecule has 3 heterocycles. The number of thiophene rings is 1. The van der Waals surface area contributed by atoms with Crippen LogP contribution in [0.15, 0.2) is 73.1 Å². The smallest absolute Gasteiger partial charge is 0.348 e. The summed E-state index contributed by atoms with van der Waals surface area (Å²) in [5.74, 6) is 0.0439. The van der Waals surface area contributed by atoms with Crippen molar-refractivity contribution in [3.63, 3.8) is 0 Å². The van der Waals surface area contributed by atoms with Crippen LogP contribution in [0.1, 0.15) is 56.2 Å². The third-order valence-electron chi connectivity index (χ3n) is 8.28. The molecular weight excluding hydrogens is 677 g/mol. The Balaban J connectivity index is 1.31. The standard InChI is InChI=1S/C35H37Cl2N3O7S/c1-39-15-7-10-24(39)21-46-35(42)33(22-8-5-4-6-9-22)38-18-25-12-14-32(48-25)34(41)47-30(17-26-27(36)19-40(43)20-28(26)37)23-11-13-29(44-2)31(16-23)45-3/h4-6,8-9,11-14,16,19-20,24,30,33,38H,7,10,15,17-18,21H2,1-3H3/t24-,30?,33?/m0/s1. The molecule has 0 saturated carbocycles. The van der Waals surface area contributed by atoms with Crippen molar-refractivity contribution in [1.29, 1.82) is 0 Å². The van der Waals surface area contributed by atoms with E-state index in [4.69, 9.17) is 42.1 Å². The average Bonchev–Trinajstić information content (AvgIpc) is 3.73. The van der Waals surface area contributed by atoms with E-state index in [-0.39, 0.29) is 28.5 Å². The highest BCUT2D eigenvalue weighted by Gasteiger charge is 2.28. The summed E-state index contributed by atoms with van der Waals surface area (Å²) in [7, 11) is 5.08. The molecule has 2 aromatic heterocycles. The first-order valence-electron chi connectivity index (χ1n) is 15.4. The number of esters is 2. The summed E-state index contributed by atoms with van der Waals surface area (Å²) < 4.78 is 23.2. The first-order valence-corrected chi connectivity index (χ1v) is 17.0. The fourth-order valence-corrected chi connectivity index (χ4v) is 7.04. The SMILES string of the molecule is COc1ccc(C(Cc2c(Cl)c[n+]([O-])cc2Cl)OC(=O)c2ccc(CNC(C(=O)OC[C@@H]3CCCN3C)c3ccccc3)s2)cc1OC. The normalized spacial score (nSPS) is 15.9. The Hall–Kier alpha value is -3.87. The molecule has 3 atom stereocenters. The Kier molecular flexibility index (Phi) is 12.2. The third-order valence-corrected chi connectivity index (χ3v) is 9.99. The predicted octanol–water partition coefficient (Wildman–Crippen LogP) is 6.31. The number of methoxy groups -OCH3 is 2. The van der Waals surface area contributed by atoms with Gasteiger partial charge in [0.2, 0.25) is 0 Å². The highest BCUT2D eigenvalue weighted by molar-refractivity contribution is 7.13. The molecule has 4 aromatic rings. The zero-order valence-electron chi connectivity index (χ0n) is 26.8. The molecule has 1 aliphatic rings. The van der Waals surface area contributed by atoms with Crippen LogP contribution >= 0.6 is 34.5 Å². The van der Waals surface area contributed by atoms with Crippen LogP contribution in [0.25, 0.3) is 0 Å². The molecule has 2 aromatic carbocycles. The van der Waals surface area contributed by atoms with Gasteiger partial charge in [-0.25, -0.2) is 9.59 Å². The molecule has 1 N–H and O–H groups in total. The maximum Gasteiger partial charge on any atom is 0.348 e. The first-order chi connectivity index (χ1) is 23.2. The van der Waals surface area contributed by atoms with Crippen LogP contribution in [0.3, 0.4) is 0 Å². The summed E-state index contributed by atoms with van der Waals surface area (Å²) in [4.78, 5) is 30.2. The van der Waals surface area contributed by atoms with Gasteiger partial charge >= 0.3 is 11.9 Å². The quantitative estimate of drug-likeness (QED) is 0.0912. The number of carbonyl (C=O) groups is 2. The molecule has 5 rings (SSSR count). The third kappa shape index (κ3) is 8.77. The molecule has 1 fully saturated rings. The van der Waals surface area contributed by atoms with Gasteiger partial charge in [0.1, 0.15) is 33.7 Å². The van der Waals surface area contributed by atoms with Crippen LogP contribution in [-0.2, 0) is 27.2 Å². The number of rotatable bonds is 14. The number of aromatic nitrogens is 1. The summed E-state index contributed by atoms with van der Waals surface area (Å²) in [6.07, 6.45) is 3.74. The maximum absolute atomic E-state index is 13.6. The lowest BCUT2D eigenvalue weighted by atomic mass is 10.0. The molecule has 1 saturated heterocycles. The van der Waals surface area contributed by atoms with E-state index < -0.39 is 18.1 Å². The molecule has 48 heavy (non-hydrogen) atoms. The fourth-order valence-electron chi connectivity index (χ4n) is 5.60. The summed E-state index contributed by atoms with van der Waals surface area (Å²) in [5.41, 5.74) is 1.85. The molecule has 2 unspecified atom stereocenters. The predicted molar refractivity (Wildman–Crippen MR) is 184 cm³/mol. The van der Waals surface area contributed by atoms with E-state index in [1.165, 1.54) is 38.0 Å². The summed E-state index contributed by atoms with van der Waals surface area (Å²) in [5, 5.41) is 15.5. The Morgan fingerprint density at radius 3 is 2.42 bits per heavy atom. The summed E-state index contributed by atoms with van der Waals surface area (Å²) in [6, 6.07) is 17.6. The van der Waals surface area contributed by atoms with Crippen molar-refractivity contribution in [2.24, 2.45) is 0 Å². The number of halogens is 2. The van der Waals surface area contributed by atoms with Gasteiger partial charge in [0.05, 0.1) is 14.2 Å². The zero-order valence-corrected chi connectivity index (χ0v) is 29.1. The van der Waals surface area contributed by atoms with E-state index in [2.05, 4.69) is 10.2 Å². The molecule has 0 bridgehead atoms. The zero-order chi connectivity index (χ0) is 34.2. The first kappa shape index (κ1) is 35.4. The number of carbonyl (C=O) groups excluding carboxylic acids is 2. The second-order valence-electron chi connectivity index (χ2n) is 11.4. The van der Waals surface area contributed by atoms with E-state index in [0.717, 1.165) is 29.8 Å². The van der Waals surface area contributed by atoms with Crippen LogP contribution in [0.4, 0.5) is 0 Å². The van der Waals surface area contributed by atoms with Gasteiger partial charge in [-0.3, -0.25) is 5.32 Å². The van der Waals surface area contributed by atoms with Crippen LogP contribution in [0.5, 0.6) is 11.5 Å². The highest BCUT2D eigenvalue weighted by atomic mass is 35.5. The average molecular weight is 715 g/mol. The van der Waals surface area contributed by atoms with Gasteiger partial charge in [0.15, 0.2) is 23.9 Å². The van der Waals surface area contributed by atoms with Crippen molar-refractivity contribution in [2.45, 2.75) is 44.0 Å². The topological polar surface area (TPSA) is 113 Å². The molecular formula is C35H37Cl2N3O7S. The van der Waals surface area contributed by atoms with Gasteiger partial charge in [-0.1, -0.05) is 59.6 Å². The van der Waals surface area contributed by atoms with Crippen molar-refractivity contribution in [3.05, 3.63) is 115 Å². The van der Waals surface area contributed by atoms with E-state index in [9.17, 15) is 14.8 Å². The van der Waals surface area contributed by atoms with Gasteiger partial charge in [0.25, 0.3) is 0 Å². The second kappa shape index (κ2) is 16.5. The monoisotopic (exact) mass is 713 g/mol. The lowest BCUT2D eigenvalue weighted by Crippen LogP contribution is -2.34. The van der Waals surface area contributed by atoms with E-state index in [0.29, 0.717) is 45.4 Å². The number of benzene rings is 2. The Labute approximate surface area is 293 Å². The van der Waals surface area contributed by atoms with Crippen molar-refractivity contribution < 1.29 is 33.3 Å². The highest BCUT2D eigenvalue weighted by Crippen LogP contribution is 2.36. The number of ether oxygens (including phenoxy) is 4. The minimum atomic E-state index is -0.838. The molecule has 10 nitrogen and oxygen atoms in total. The number of nitrogens with zero attached hydrogens (tertiary/aromatic N) is 2. The molecule has 254 valence electrons. The maximum atomic E-state index is 13.6. The summed E-state index contributed by atoms with van der Waals surface area (Å²) >= 11 is 14.0. The molecule has 0 spiro atoms. The van der Waals surface area contributed by atoms with Gasteiger partial charge in [-0.05, 0) is 61.8 Å². The van der Waals surface area contributed by atoms with Gasteiger partial charge < -0.3 is 29.1 Å². The Bertz CT molecular complexity index is 1700. The number of likely N-dealkylation sites (tertiary alicyclic amines) is 1. The van der Waals surface area contributed by atoms with Crippen molar-refractivity contribution in [2.75, 3.05) is 34.4 Å². The van der Waals surface area contributed by atoms with Gasteiger partial charge in [-0.15, -0.1) is 11.3 Å². The molecule has 0 radical (unpaired) electrons. The van der Waals surface area contributed by atoms with Crippen LogP contribution in [0.2, 0.25) is 10.0 Å². The lowest BCUT2D eigenvalue weighted by Gasteiger charge is -2.22. The largest absolute Gasteiger partial charge is 0.619 e. The van der Waals surface area contributed by atoms with Crippen molar-refractivity contribution in [3.8, 4) is 11.5 Å². The number of nitrogens with one attached hydrogen (secondary N) is 1. The Morgan fingerprint density at radius 1 is 1.02 bits per heavy atom. The van der Waals surface area contributed by atoms with Gasteiger partial charge in [0, 0.05) is 29.4 Å². The van der Waals surface area contributed by atoms with Crippen LogP contribution in [-0.4, -0.2) is 57.3 Å². The fraction of sp³-hybridized carbons (Fsp3) is 0.343. The van der Waals surface area contributed by atoms with Crippen LogP contribution < -0.4 is 19.5 Å². The lowest BCUT2D eigenvalue weighted by molar-refractivity contribution is -0.605. The number of hydrogen-bond donors (Lipinski definition) is 1. The Morgan fingerprint density at radius 2 is 1.75 bits per heavy atom. The van der Waals surface area contributed by atoms with E-state index in [1.54, 1.807) is 24.3 Å². The minimum Gasteiger partial charge on any atom is -0.619 e. The molecule has 1 aliphatic heterocycles. The van der Waals surface area contributed by atoms with Crippen molar-refractivity contribution in [1.82, 2.24) is 10.2 Å². The number of hydrogen-bond acceptors (Lipinski definition) is 10. The minimum absolute atomic E-state index is 0.0943. The molecule has 0 aliphatic carbocycles. The summed E-state index contributed by atoms with van der Waals surface area (Å²) in [6.45, 7) is 1.66. The van der Waals surface area contributed by atoms with E-state index in [1.807, 2.05) is 43.4 Å². The van der Waals surface area contributed by atoms with Crippen LogP contribution in [0, 0.1) is 5.21 Å².